The molecule has 3 heterocycles. The Morgan fingerprint density at radius 1 is 1.18 bits per heavy atom. The third kappa shape index (κ3) is 3.87. The van der Waals surface area contributed by atoms with Crippen molar-refractivity contribution in [1.82, 2.24) is 9.80 Å². The number of likely N-dealkylation sites (tertiary alicyclic amines) is 2. The summed E-state index contributed by atoms with van der Waals surface area (Å²) < 4.78 is 0. The van der Waals surface area contributed by atoms with Gasteiger partial charge in [-0.15, -0.1) is 11.3 Å². The van der Waals surface area contributed by atoms with E-state index in [-0.39, 0.29) is 0 Å². The molecule has 0 amide bonds. The second kappa shape index (κ2) is 7.08. The smallest absolute Gasteiger partial charge is 0.321 e. The summed E-state index contributed by atoms with van der Waals surface area (Å²) in [5, 5.41) is 19.0. The minimum absolute atomic E-state index is 0.335. The molecule has 0 aliphatic carbocycles. The van der Waals surface area contributed by atoms with Gasteiger partial charge < -0.3 is 10.2 Å². The molecule has 0 spiro atoms. The van der Waals surface area contributed by atoms with Gasteiger partial charge in [-0.3, -0.25) is 14.6 Å². The summed E-state index contributed by atoms with van der Waals surface area (Å²) >= 11 is 1.77. The fourth-order valence-corrected chi connectivity index (χ4v) is 4.53. The summed E-state index contributed by atoms with van der Waals surface area (Å²) in [7, 11) is 0. The van der Waals surface area contributed by atoms with Crippen molar-refractivity contribution in [1.29, 1.82) is 0 Å². The highest BCUT2D eigenvalue weighted by Crippen LogP contribution is 2.25. The number of carboxylic acids is 1. The van der Waals surface area contributed by atoms with Gasteiger partial charge in [0.25, 0.3) is 0 Å². The molecule has 2 saturated heterocycles. The van der Waals surface area contributed by atoms with Crippen molar-refractivity contribution in [2.75, 3.05) is 19.6 Å². The number of thiophene rings is 1. The maximum atomic E-state index is 11.3. The normalized spacial score (nSPS) is 27.3. The van der Waals surface area contributed by atoms with Gasteiger partial charge in [-0.05, 0) is 38.1 Å². The molecular weight excluding hydrogens is 300 g/mol. The molecule has 122 valence electrons. The number of aliphatic carboxylic acids is 1. The molecule has 1 aromatic rings. The molecule has 2 aliphatic heterocycles. The van der Waals surface area contributed by atoms with Gasteiger partial charge in [0.1, 0.15) is 6.04 Å². The van der Waals surface area contributed by atoms with Crippen LogP contribution in [0.25, 0.3) is 0 Å². The Labute approximate surface area is 135 Å². The molecule has 0 radical (unpaired) electrons. The van der Waals surface area contributed by atoms with Crippen molar-refractivity contribution in [3.63, 3.8) is 0 Å². The van der Waals surface area contributed by atoms with Gasteiger partial charge in [0.15, 0.2) is 0 Å². The second-order valence-corrected chi connectivity index (χ2v) is 7.63. The zero-order valence-corrected chi connectivity index (χ0v) is 13.6. The number of nitrogens with zero attached hydrogens (tertiary/aromatic N) is 2. The topological polar surface area (TPSA) is 64.0 Å². The lowest BCUT2D eigenvalue weighted by Gasteiger charge is -2.25. The van der Waals surface area contributed by atoms with E-state index in [1.54, 1.807) is 11.3 Å². The Hall–Kier alpha value is -0.950. The highest BCUT2D eigenvalue weighted by Gasteiger charge is 2.35. The van der Waals surface area contributed by atoms with Crippen LogP contribution in [0.2, 0.25) is 0 Å². The fraction of sp³-hybridized carbons (Fsp3) is 0.688. The maximum absolute atomic E-state index is 11.3. The Balaban J connectivity index is 1.58. The number of aliphatic hydroxyl groups excluding tert-OH is 1. The monoisotopic (exact) mass is 324 g/mol. The lowest BCUT2D eigenvalue weighted by molar-refractivity contribution is -0.142. The molecular formula is C16H24N2O3S. The first-order chi connectivity index (χ1) is 10.6. The molecule has 2 N–H and O–H groups in total. The lowest BCUT2D eigenvalue weighted by Crippen LogP contribution is -2.35. The molecule has 2 aliphatic rings. The van der Waals surface area contributed by atoms with Crippen LogP contribution in [0, 0.1) is 0 Å². The van der Waals surface area contributed by atoms with Gasteiger partial charge in [0.2, 0.25) is 0 Å². The summed E-state index contributed by atoms with van der Waals surface area (Å²) in [5.41, 5.74) is 0. The Morgan fingerprint density at radius 3 is 2.55 bits per heavy atom. The van der Waals surface area contributed by atoms with Crippen LogP contribution >= 0.6 is 11.3 Å². The van der Waals surface area contributed by atoms with Gasteiger partial charge in [-0.2, -0.15) is 0 Å². The van der Waals surface area contributed by atoms with E-state index in [2.05, 4.69) is 17.0 Å². The van der Waals surface area contributed by atoms with Crippen molar-refractivity contribution in [2.45, 2.75) is 50.9 Å². The van der Waals surface area contributed by atoms with Gasteiger partial charge in [-0.25, -0.2) is 0 Å². The van der Waals surface area contributed by atoms with Crippen molar-refractivity contribution in [3.8, 4) is 0 Å². The van der Waals surface area contributed by atoms with Crippen molar-refractivity contribution in [3.05, 3.63) is 21.9 Å². The fourth-order valence-electron chi connectivity index (χ4n) is 3.44. The van der Waals surface area contributed by atoms with Gasteiger partial charge in [-0.1, -0.05) is 6.42 Å². The molecule has 2 fully saturated rings. The third-order valence-corrected chi connectivity index (χ3v) is 5.63. The first-order valence-corrected chi connectivity index (χ1v) is 8.88. The molecule has 0 saturated carbocycles. The average Bonchev–Trinajstić information content (AvgIpc) is 3.07. The minimum atomic E-state index is -0.832. The van der Waals surface area contributed by atoms with Crippen LogP contribution < -0.4 is 0 Å². The molecule has 3 rings (SSSR count). The van der Waals surface area contributed by atoms with Crippen LogP contribution in [0.3, 0.4) is 0 Å². The zero-order chi connectivity index (χ0) is 15.5. The number of rotatable bonds is 5. The first-order valence-electron chi connectivity index (χ1n) is 8.06. The number of carboxylic acid groups (broad SMARTS) is 1. The molecule has 0 bridgehead atoms. The molecule has 1 aromatic heterocycles. The second-order valence-electron chi connectivity index (χ2n) is 6.38. The summed E-state index contributed by atoms with van der Waals surface area (Å²) in [5.74, 6) is -0.832. The highest BCUT2D eigenvalue weighted by molar-refractivity contribution is 7.11. The SMILES string of the molecule is O=C(O)[C@@H]1C[C@@H](O)CN1Cc1ccc(CN2CCCCC2)s1. The molecule has 5 nitrogen and oxygen atoms in total. The van der Waals surface area contributed by atoms with E-state index < -0.39 is 18.1 Å². The number of piperidine rings is 1. The van der Waals surface area contributed by atoms with Gasteiger partial charge in [0, 0.05) is 35.8 Å². The molecule has 0 aromatic carbocycles. The molecule has 2 atom stereocenters. The van der Waals surface area contributed by atoms with E-state index in [0.29, 0.717) is 19.5 Å². The van der Waals surface area contributed by atoms with Crippen molar-refractivity contribution in [2.24, 2.45) is 0 Å². The van der Waals surface area contributed by atoms with Crippen LogP contribution in [0.4, 0.5) is 0 Å². The quantitative estimate of drug-likeness (QED) is 0.864. The summed E-state index contributed by atoms with van der Waals surface area (Å²) in [4.78, 5) is 18.2. The largest absolute Gasteiger partial charge is 0.480 e. The predicted molar refractivity (Wildman–Crippen MR) is 85.9 cm³/mol. The molecule has 0 unspecified atom stereocenters. The number of aliphatic hydroxyl groups is 1. The van der Waals surface area contributed by atoms with Gasteiger partial charge >= 0.3 is 5.97 Å². The minimum Gasteiger partial charge on any atom is -0.480 e. The van der Waals surface area contributed by atoms with Crippen LogP contribution in [0.15, 0.2) is 12.1 Å². The van der Waals surface area contributed by atoms with E-state index in [1.165, 1.54) is 42.1 Å². The summed E-state index contributed by atoms with van der Waals surface area (Å²) in [6.07, 6.45) is 3.75. The van der Waals surface area contributed by atoms with Crippen LogP contribution in [-0.2, 0) is 17.9 Å². The van der Waals surface area contributed by atoms with Crippen molar-refractivity contribution < 1.29 is 15.0 Å². The van der Waals surface area contributed by atoms with Crippen LogP contribution in [-0.4, -0.2) is 57.8 Å². The van der Waals surface area contributed by atoms with Crippen LogP contribution in [0.5, 0.6) is 0 Å². The van der Waals surface area contributed by atoms with Crippen molar-refractivity contribution >= 4 is 17.3 Å². The number of β-amino-alcohol motifs (C(OH)–C–C–N with tert-alkyl or cyclic N) is 1. The predicted octanol–water partition coefficient (Wildman–Crippen LogP) is 1.75. The third-order valence-electron chi connectivity index (χ3n) is 4.57. The Bertz CT molecular complexity index is 513. The van der Waals surface area contributed by atoms with Crippen LogP contribution in [0.1, 0.15) is 35.4 Å². The number of hydrogen-bond acceptors (Lipinski definition) is 5. The summed E-state index contributed by atoms with van der Waals surface area (Å²) in [6.45, 7) is 4.46. The van der Waals surface area contributed by atoms with E-state index in [0.717, 1.165) is 6.54 Å². The summed E-state index contributed by atoms with van der Waals surface area (Å²) in [6, 6.07) is 3.72. The zero-order valence-electron chi connectivity index (χ0n) is 12.8. The van der Waals surface area contributed by atoms with E-state index in [9.17, 15) is 15.0 Å². The lowest BCUT2D eigenvalue weighted by atomic mass is 10.1. The standard InChI is InChI=1S/C16H24N2O3S/c19-12-8-15(16(20)21)18(9-12)11-14-5-4-13(22-14)10-17-6-2-1-3-7-17/h4-5,12,15,19H,1-3,6-11H2,(H,20,21)/t12-,15+/m1/s1. The molecule has 6 heteroatoms. The highest BCUT2D eigenvalue weighted by atomic mass is 32.1. The first kappa shape index (κ1) is 15.9. The Kier molecular flexibility index (Phi) is 5.13. The Morgan fingerprint density at radius 2 is 1.86 bits per heavy atom. The van der Waals surface area contributed by atoms with Gasteiger partial charge in [0.05, 0.1) is 6.10 Å². The van der Waals surface area contributed by atoms with E-state index in [1.807, 2.05) is 4.90 Å². The number of hydrogen-bond donors (Lipinski definition) is 2. The average molecular weight is 324 g/mol. The van der Waals surface area contributed by atoms with E-state index >= 15 is 0 Å². The van der Waals surface area contributed by atoms with E-state index in [4.69, 9.17) is 0 Å². The molecule has 22 heavy (non-hydrogen) atoms. The maximum Gasteiger partial charge on any atom is 0.321 e. The number of carbonyl (C=O) groups is 1.